The van der Waals surface area contributed by atoms with Crippen molar-refractivity contribution in [3.8, 4) is 0 Å². The minimum Gasteiger partial charge on any atom is -0.340 e. The van der Waals surface area contributed by atoms with E-state index in [4.69, 9.17) is 4.52 Å². The van der Waals surface area contributed by atoms with Crippen molar-refractivity contribution >= 4 is 21.4 Å². The fraction of sp³-hybridized carbons (Fsp3) is 0.500. The normalized spacial score (nSPS) is 11.9. The first-order chi connectivity index (χ1) is 10.0. The summed E-state index contributed by atoms with van der Waals surface area (Å²) in [6.45, 7) is 5.25. The molecule has 2 aromatic heterocycles. The van der Waals surface area contributed by atoms with Gasteiger partial charge in [0.1, 0.15) is 0 Å². The van der Waals surface area contributed by atoms with Crippen LogP contribution in [0.1, 0.15) is 23.5 Å². The molecule has 2 rings (SSSR count). The molecule has 0 spiro atoms. The minimum atomic E-state index is -3.51. The van der Waals surface area contributed by atoms with Crippen molar-refractivity contribution < 1.29 is 12.9 Å². The predicted octanol–water partition coefficient (Wildman–Crippen LogP) is 1.07. The summed E-state index contributed by atoms with van der Waals surface area (Å²) in [5.74, 6) is 0.965. The topological polar surface area (TPSA) is 97.1 Å². The van der Waals surface area contributed by atoms with Crippen LogP contribution in [0.25, 0.3) is 0 Å². The summed E-state index contributed by atoms with van der Waals surface area (Å²) in [6, 6.07) is 1.62. The number of nitrogens with zero attached hydrogens (tertiary/aromatic N) is 2. The summed E-state index contributed by atoms with van der Waals surface area (Å²) in [5.41, 5.74) is 0. The van der Waals surface area contributed by atoms with Crippen LogP contribution in [0.2, 0.25) is 0 Å². The van der Waals surface area contributed by atoms with Gasteiger partial charge >= 0.3 is 0 Å². The van der Waals surface area contributed by atoms with Gasteiger partial charge in [0.15, 0.2) is 5.82 Å². The van der Waals surface area contributed by atoms with Gasteiger partial charge in [-0.15, -0.1) is 11.3 Å². The number of sulfonamides is 1. The van der Waals surface area contributed by atoms with Crippen molar-refractivity contribution in [3.05, 3.63) is 28.0 Å². The third-order valence-electron chi connectivity index (χ3n) is 2.74. The number of rotatable bonds is 8. The second-order valence-corrected chi connectivity index (χ2v) is 7.10. The average Bonchev–Trinajstić information content (AvgIpc) is 3.05. The molecule has 0 saturated heterocycles. The number of aromatic nitrogens is 2. The molecule has 0 amide bonds. The van der Waals surface area contributed by atoms with Gasteiger partial charge in [-0.1, -0.05) is 12.1 Å². The molecule has 9 heteroatoms. The molecule has 0 aliphatic rings. The van der Waals surface area contributed by atoms with Crippen LogP contribution in [0.5, 0.6) is 0 Å². The SMILES string of the molecule is CCNCc1sccc1S(=O)(=O)NCCc1noc(C)n1. The molecular weight excluding hydrogens is 312 g/mol. The third-order valence-corrected chi connectivity index (χ3v) is 5.34. The van der Waals surface area contributed by atoms with Gasteiger partial charge in [0.05, 0.1) is 4.90 Å². The Labute approximate surface area is 127 Å². The summed E-state index contributed by atoms with van der Waals surface area (Å²) in [5, 5.41) is 8.64. The Balaban J connectivity index is 1.96. The van der Waals surface area contributed by atoms with Gasteiger partial charge in [0.25, 0.3) is 0 Å². The maximum absolute atomic E-state index is 12.3. The van der Waals surface area contributed by atoms with Gasteiger partial charge < -0.3 is 9.84 Å². The lowest BCUT2D eigenvalue weighted by atomic mass is 10.4. The summed E-state index contributed by atoms with van der Waals surface area (Å²) in [7, 11) is -3.51. The van der Waals surface area contributed by atoms with E-state index < -0.39 is 10.0 Å². The van der Waals surface area contributed by atoms with E-state index in [1.165, 1.54) is 11.3 Å². The highest BCUT2D eigenvalue weighted by Crippen LogP contribution is 2.21. The summed E-state index contributed by atoms with van der Waals surface area (Å²) in [6.07, 6.45) is 0.392. The first-order valence-corrected chi connectivity index (χ1v) is 8.95. The van der Waals surface area contributed by atoms with Crippen molar-refractivity contribution in [1.29, 1.82) is 0 Å². The van der Waals surface area contributed by atoms with Crippen LogP contribution >= 0.6 is 11.3 Å². The van der Waals surface area contributed by atoms with Crippen molar-refractivity contribution in [1.82, 2.24) is 20.2 Å². The van der Waals surface area contributed by atoms with E-state index in [2.05, 4.69) is 20.2 Å². The van der Waals surface area contributed by atoms with E-state index >= 15 is 0 Å². The fourth-order valence-corrected chi connectivity index (χ4v) is 4.20. The third kappa shape index (κ3) is 4.34. The molecule has 0 saturated carbocycles. The Kier molecular flexibility index (Phi) is 5.45. The monoisotopic (exact) mass is 330 g/mol. The van der Waals surface area contributed by atoms with E-state index in [0.29, 0.717) is 29.6 Å². The van der Waals surface area contributed by atoms with Crippen LogP contribution in [0, 0.1) is 6.92 Å². The number of aryl methyl sites for hydroxylation is 1. The van der Waals surface area contributed by atoms with Gasteiger partial charge in [-0.3, -0.25) is 0 Å². The Morgan fingerprint density at radius 3 is 2.90 bits per heavy atom. The highest BCUT2D eigenvalue weighted by molar-refractivity contribution is 7.89. The van der Waals surface area contributed by atoms with Crippen molar-refractivity contribution in [2.75, 3.05) is 13.1 Å². The first-order valence-electron chi connectivity index (χ1n) is 6.59. The minimum absolute atomic E-state index is 0.234. The largest absolute Gasteiger partial charge is 0.340 e. The second-order valence-electron chi connectivity index (χ2n) is 4.37. The second kappa shape index (κ2) is 7.12. The Morgan fingerprint density at radius 1 is 1.43 bits per heavy atom. The number of hydrogen-bond donors (Lipinski definition) is 2. The molecule has 116 valence electrons. The Morgan fingerprint density at radius 2 is 2.24 bits per heavy atom. The molecule has 0 radical (unpaired) electrons. The highest BCUT2D eigenvalue weighted by Gasteiger charge is 2.19. The fourth-order valence-electron chi connectivity index (χ4n) is 1.75. The van der Waals surface area contributed by atoms with Crippen molar-refractivity contribution in [3.63, 3.8) is 0 Å². The smallest absolute Gasteiger partial charge is 0.241 e. The van der Waals surface area contributed by atoms with Crippen LogP contribution in [0.3, 0.4) is 0 Å². The van der Waals surface area contributed by atoms with Crippen LogP contribution in [-0.2, 0) is 23.0 Å². The van der Waals surface area contributed by atoms with Crippen molar-refractivity contribution in [2.45, 2.75) is 31.7 Å². The summed E-state index contributed by atoms with van der Waals surface area (Å²) in [4.78, 5) is 5.17. The predicted molar refractivity (Wildman–Crippen MR) is 79.6 cm³/mol. The average molecular weight is 330 g/mol. The number of thiophene rings is 1. The molecule has 0 bridgehead atoms. The quantitative estimate of drug-likeness (QED) is 0.751. The molecule has 0 fully saturated rings. The Hall–Kier alpha value is -1.29. The lowest BCUT2D eigenvalue weighted by Crippen LogP contribution is -2.27. The van der Waals surface area contributed by atoms with E-state index in [-0.39, 0.29) is 6.54 Å². The summed E-state index contributed by atoms with van der Waals surface area (Å²) < 4.78 is 32.0. The summed E-state index contributed by atoms with van der Waals surface area (Å²) >= 11 is 1.43. The van der Waals surface area contributed by atoms with E-state index in [1.807, 2.05) is 6.92 Å². The molecule has 0 unspecified atom stereocenters. The van der Waals surface area contributed by atoms with Crippen LogP contribution < -0.4 is 10.0 Å². The zero-order valence-electron chi connectivity index (χ0n) is 11.9. The van der Waals surface area contributed by atoms with Crippen LogP contribution in [-0.4, -0.2) is 31.6 Å². The molecular formula is C12H18N4O3S2. The lowest BCUT2D eigenvalue weighted by Gasteiger charge is -2.07. The van der Waals surface area contributed by atoms with Gasteiger partial charge in [0.2, 0.25) is 15.9 Å². The van der Waals surface area contributed by atoms with Crippen molar-refractivity contribution in [2.24, 2.45) is 0 Å². The van der Waals surface area contributed by atoms with Gasteiger partial charge in [-0.05, 0) is 18.0 Å². The van der Waals surface area contributed by atoms with E-state index in [9.17, 15) is 8.42 Å². The van der Waals surface area contributed by atoms with E-state index in [0.717, 1.165) is 11.4 Å². The molecule has 0 aliphatic heterocycles. The van der Waals surface area contributed by atoms with Crippen LogP contribution in [0.4, 0.5) is 0 Å². The highest BCUT2D eigenvalue weighted by atomic mass is 32.2. The van der Waals surface area contributed by atoms with Crippen LogP contribution in [0.15, 0.2) is 20.9 Å². The standard InChI is InChI=1S/C12H18N4O3S2/c1-3-13-8-10-11(5-7-20-10)21(17,18)14-6-4-12-15-9(2)19-16-12/h5,7,13-14H,3-4,6,8H2,1-2H3. The molecule has 2 N–H and O–H groups in total. The maximum atomic E-state index is 12.3. The molecule has 0 aromatic carbocycles. The van der Waals surface area contributed by atoms with Gasteiger partial charge in [-0.25, -0.2) is 13.1 Å². The Bertz CT molecular complexity index is 678. The molecule has 0 aliphatic carbocycles. The zero-order chi connectivity index (χ0) is 15.3. The number of hydrogen-bond acceptors (Lipinski definition) is 7. The van der Waals surface area contributed by atoms with E-state index in [1.54, 1.807) is 18.4 Å². The maximum Gasteiger partial charge on any atom is 0.241 e. The lowest BCUT2D eigenvalue weighted by molar-refractivity contribution is 0.387. The molecule has 2 heterocycles. The molecule has 2 aromatic rings. The molecule has 7 nitrogen and oxygen atoms in total. The van der Waals surface area contributed by atoms with Gasteiger partial charge in [0, 0.05) is 31.3 Å². The number of nitrogens with one attached hydrogen (secondary N) is 2. The first kappa shape index (κ1) is 16.1. The molecule has 21 heavy (non-hydrogen) atoms. The zero-order valence-corrected chi connectivity index (χ0v) is 13.6. The van der Waals surface area contributed by atoms with Gasteiger partial charge in [-0.2, -0.15) is 4.98 Å². The molecule has 0 atom stereocenters.